The van der Waals surface area contributed by atoms with E-state index in [0.29, 0.717) is 18.4 Å². The van der Waals surface area contributed by atoms with Crippen molar-refractivity contribution in [2.45, 2.75) is 44.6 Å². The molecule has 0 unspecified atom stereocenters. The van der Waals surface area contributed by atoms with E-state index in [1.54, 1.807) is 24.5 Å². The quantitative estimate of drug-likeness (QED) is 0.885. The summed E-state index contributed by atoms with van der Waals surface area (Å²) < 4.78 is 27.7. The van der Waals surface area contributed by atoms with Gasteiger partial charge in [0.25, 0.3) is 5.91 Å². The summed E-state index contributed by atoms with van der Waals surface area (Å²) in [6.07, 6.45) is 5.25. The molecule has 0 spiro atoms. The first-order valence-corrected chi connectivity index (χ1v) is 6.99. The number of allylic oxidation sites excluding steroid dienone is 1. The standard InChI is InChI=1S/C15H19F2N3O/c1-2-9-20-10-11(3-4-13(20)18)14(21)19-12-5-7-15(16,17)8-6-12/h2-4,9-10,12,18H,5-8H2,1H3,(H,19,21)/b9-2+,18-13?. The Morgan fingerprint density at radius 3 is 2.71 bits per heavy atom. The second kappa shape index (κ2) is 6.20. The fourth-order valence-electron chi connectivity index (χ4n) is 2.39. The van der Waals surface area contributed by atoms with Gasteiger partial charge in [0.15, 0.2) is 0 Å². The number of nitrogens with one attached hydrogen (secondary N) is 2. The van der Waals surface area contributed by atoms with Gasteiger partial charge in [-0.15, -0.1) is 0 Å². The zero-order valence-corrected chi connectivity index (χ0v) is 11.9. The fourth-order valence-corrected chi connectivity index (χ4v) is 2.39. The molecule has 0 aliphatic heterocycles. The molecule has 21 heavy (non-hydrogen) atoms. The average Bonchev–Trinajstić information content (AvgIpc) is 2.44. The van der Waals surface area contributed by atoms with Crippen LogP contribution in [0.15, 0.2) is 24.4 Å². The predicted octanol–water partition coefficient (Wildman–Crippen LogP) is 2.77. The van der Waals surface area contributed by atoms with Crippen LogP contribution >= 0.6 is 0 Å². The number of aromatic nitrogens is 1. The number of nitrogens with zero attached hydrogens (tertiary/aromatic N) is 1. The van der Waals surface area contributed by atoms with Gasteiger partial charge >= 0.3 is 0 Å². The molecule has 0 saturated heterocycles. The van der Waals surface area contributed by atoms with Gasteiger partial charge in [0.1, 0.15) is 5.49 Å². The molecule has 1 aromatic heterocycles. The van der Waals surface area contributed by atoms with Gasteiger partial charge in [0.05, 0.1) is 5.56 Å². The maximum atomic E-state index is 13.1. The highest BCUT2D eigenvalue weighted by atomic mass is 19.3. The summed E-state index contributed by atoms with van der Waals surface area (Å²) in [5, 5.41) is 10.5. The van der Waals surface area contributed by atoms with Crippen molar-refractivity contribution in [1.82, 2.24) is 9.88 Å². The lowest BCUT2D eigenvalue weighted by atomic mass is 9.92. The Labute approximate surface area is 122 Å². The zero-order chi connectivity index (χ0) is 15.5. The minimum atomic E-state index is -2.59. The molecule has 1 heterocycles. The molecular weight excluding hydrogens is 276 g/mol. The molecule has 114 valence electrons. The normalized spacial score (nSPS) is 18.8. The highest BCUT2D eigenvalue weighted by Crippen LogP contribution is 2.33. The van der Waals surface area contributed by atoms with Gasteiger partial charge in [0, 0.05) is 31.3 Å². The number of carbonyl (C=O) groups excluding carboxylic acids is 1. The van der Waals surface area contributed by atoms with E-state index < -0.39 is 5.92 Å². The van der Waals surface area contributed by atoms with Crippen LogP contribution in [-0.4, -0.2) is 22.4 Å². The largest absolute Gasteiger partial charge is 0.349 e. The number of carbonyl (C=O) groups is 1. The number of rotatable bonds is 3. The lowest BCUT2D eigenvalue weighted by Gasteiger charge is -2.28. The summed E-state index contributed by atoms with van der Waals surface area (Å²) in [6.45, 7) is 1.82. The van der Waals surface area contributed by atoms with E-state index in [4.69, 9.17) is 5.41 Å². The summed E-state index contributed by atoms with van der Waals surface area (Å²) in [4.78, 5) is 12.1. The molecule has 1 saturated carbocycles. The molecule has 2 rings (SSSR count). The van der Waals surface area contributed by atoms with E-state index in [1.807, 2.05) is 6.92 Å². The van der Waals surface area contributed by atoms with Crippen LogP contribution in [0, 0.1) is 5.41 Å². The van der Waals surface area contributed by atoms with Crippen molar-refractivity contribution < 1.29 is 13.6 Å². The summed E-state index contributed by atoms with van der Waals surface area (Å²) in [5.74, 6) is -2.88. The maximum Gasteiger partial charge on any atom is 0.252 e. The number of amides is 1. The molecule has 1 fully saturated rings. The Morgan fingerprint density at radius 2 is 2.10 bits per heavy atom. The molecule has 0 aromatic carbocycles. The fraction of sp³-hybridized carbons (Fsp3) is 0.467. The third-order valence-corrected chi connectivity index (χ3v) is 3.60. The molecule has 1 aromatic rings. The van der Waals surface area contributed by atoms with Crippen LogP contribution in [0.25, 0.3) is 6.20 Å². The number of alkyl halides is 2. The first-order valence-electron chi connectivity index (χ1n) is 6.99. The van der Waals surface area contributed by atoms with E-state index in [0.717, 1.165) is 0 Å². The molecule has 0 atom stereocenters. The van der Waals surface area contributed by atoms with Crippen LogP contribution in [0.3, 0.4) is 0 Å². The van der Waals surface area contributed by atoms with Crippen molar-refractivity contribution in [2.75, 3.05) is 0 Å². The number of hydrogen-bond acceptors (Lipinski definition) is 2. The van der Waals surface area contributed by atoms with Crippen molar-refractivity contribution in [3.8, 4) is 0 Å². The highest BCUT2D eigenvalue weighted by Gasteiger charge is 2.35. The van der Waals surface area contributed by atoms with Crippen molar-refractivity contribution in [2.24, 2.45) is 0 Å². The molecule has 6 heteroatoms. The smallest absolute Gasteiger partial charge is 0.252 e. The topological polar surface area (TPSA) is 57.9 Å². The predicted molar refractivity (Wildman–Crippen MR) is 76.0 cm³/mol. The summed E-state index contributed by atoms with van der Waals surface area (Å²) >= 11 is 0. The van der Waals surface area contributed by atoms with Crippen LogP contribution < -0.4 is 10.8 Å². The molecule has 1 aliphatic carbocycles. The Morgan fingerprint density at radius 1 is 1.43 bits per heavy atom. The van der Waals surface area contributed by atoms with Crippen molar-refractivity contribution in [3.63, 3.8) is 0 Å². The van der Waals surface area contributed by atoms with Crippen LogP contribution in [-0.2, 0) is 0 Å². The molecule has 0 radical (unpaired) electrons. The Balaban J connectivity index is 2.04. The lowest BCUT2D eigenvalue weighted by Crippen LogP contribution is -2.40. The van der Waals surface area contributed by atoms with Gasteiger partial charge in [-0.1, -0.05) is 6.08 Å². The molecule has 2 N–H and O–H groups in total. The van der Waals surface area contributed by atoms with Gasteiger partial charge in [0.2, 0.25) is 5.92 Å². The van der Waals surface area contributed by atoms with E-state index in [2.05, 4.69) is 5.32 Å². The van der Waals surface area contributed by atoms with Gasteiger partial charge in [-0.2, -0.15) is 0 Å². The Kier molecular flexibility index (Phi) is 4.55. The SMILES string of the molecule is C/C=C/n1cc(C(=O)NC2CCC(F)(F)CC2)ccc1=N. The van der Waals surface area contributed by atoms with Crippen LogP contribution in [0.5, 0.6) is 0 Å². The first kappa shape index (κ1) is 15.4. The van der Waals surface area contributed by atoms with Gasteiger partial charge in [-0.25, -0.2) is 8.78 Å². The number of halogens is 2. The van der Waals surface area contributed by atoms with E-state index in [9.17, 15) is 13.6 Å². The monoisotopic (exact) mass is 295 g/mol. The van der Waals surface area contributed by atoms with Crippen molar-refractivity contribution in [1.29, 1.82) is 5.41 Å². The average molecular weight is 295 g/mol. The van der Waals surface area contributed by atoms with Crippen molar-refractivity contribution >= 4 is 12.1 Å². The Hall–Kier alpha value is -1.98. The van der Waals surface area contributed by atoms with Gasteiger partial charge in [-0.3, -0.25) is 10.2 Å². The number of hydrogen-bond donors (Lipinski definition) is 2. The van der Waals surface area contributed by atoms with E-state index >= 15 is 0 Å². The van der Waals surface area contributed by atoms with Crippen LogP contribution in [0.1, 0.15) is 43.0 Å². The van der Waals surface area contributed by atoms with Crippen LogP contribution in [0.2, 0.25) is 0 Å². The van der Waals surface area contributed by atoms with E-state index in [-0.39, 0.29) is 30.3 Å². The Bertz CT molecular complexity index is 597. The second-order valence-corrected chi connectivity index (χ2v) is 5.30. The third kappa shape index (κ3) is 4.00. The van der Waals surface area contributed by atoms with Crippen LogP contribution in [0.4, 0.5) is 8.78 Å². The van der Waals surface area contributed by atoms with Gasteiger partial charge in [-0.05, 0) is 31.9 Å². The third-order valence-electron chi connectivity index (χ3n) is 3.60. The summed E-state index contributed by atoms with van der Waals surface area (Å²) in [7, 11) is 0. The minimum absolute atomic E-state index is 0.178. The molecule has 1 amide bonds. The lowest BCUT2D eigenvalue weighted by molar-refractivity contribution is -0.0399. The summed E-state index contributed by atoms with van der Waals surface area (Å²) in [5.41, 5.74) is 0.684. The van der Waals surface area contributed by atoms with E-state index in [1.165, 1.54) is 10.6 Å². The highest BCUT2D eigenvalue weighted by molar-refractivity contribution is 5.94. The summed E-state index contributed by atoms with van der Waals surface area (Å²) in [6, 6.07) is 2.89. The first-order chi connectivity index (χ1) is 9.91. The molecule has 1 aliphatic rings. The number of pyridine rings is 1. The second-order valence-electron chi connectivity index (χ2n) is 5.30. The maximum absolute atomic E-state index is 13.1. The zero-order valence-electron chi connectivity index (χ0n) is 11.9. The molecular formula is C15H19F2N3O. The van der Waals surface area contributed by atoms with Gasteiger partial charge < -0.3 is 9.88 Å². The molecule has 0 bridgehead atoms. The molecule has 4 nitrogen and oxygen atoms in total. The van der Waals surface area contributed by atoms with Crippen molar-refractivity contribution in [3.05, 3.63) is 35.5 Å². The minimum Gasteiger partial charge on any atom is -0.349 e.